The molecule has 0 aliphatic carbocycles. The Morgan fingerprint density at radius 1 is 1.10 bits per heavy atom. The molecular formula is C19H16F3N3O6. The van der Waals surface area contributed by atoms with Crippen LogP contribution in [-0.4, -0.2) is 35.9 Å². The van der Waals surface area contributed by atoms with E-state index in [2.05, 4.69) is 15.4 Å². The van der Waals surface area contributed by atoms with Crippen LogP contribution in [0, 0.1) is 17.0 Å². The summed E-state index contributed by atoms with van der Waals surface area (Å²) in [5.41, 5.74) is -0.680. The first-order chi connectivity index (χ1) is 14.5. The molecule has 0 atom stereocenters. The number of nitrogens with zero attached hydrogens (tertiary/aromatic N) is 1. The van der Waals surface area contributed by atoms with E-state index < -0.39 is 47.6 Å². The molecule has 2 rings (SSSR count). The van der Waals surface area contributed by atoms with Gasteiger partial charge in [0.05, 0.1) is 10.5 Å². The molecule has 0 bridgehead atoms. The normalized spacial score (nSPS) is 10.8. The lowest BCUT2D eigenvalue weighted by Gasteiger charge is -2.09. The molecule has 0 saturated carbocycles. The highest BCUT2D eigenvalue weighted by atomic mass is 19.4. The number of alkyl halides is 3. The number of nitrogens with one attached hydrogen (secondary N) is 2. The summed E-state index contributed by atoms with van der Waals surface area (Å²) >= 11 is 0. The number of hydrogen-bond donors (Lipinski definition) is 2. The highest BCUT2D eigenvalue weighted by molar-refractivity contribution is 5.96. The van der Waals surface area contributed by atoms with E-state index in [0.29, 0.717) is 5.56 Å². The summed E-state index contributed by atoms with van der Waals surface area (Å²) in [6.07, 6.45) is -4.54. The molecule has 0 unspecified atom stereocenters. The molecule has 31 heavy (non-hydrogen) atoms. The second-order valence-corrected chi connectivity index (χ2v) is 6.23. The van der Waals surface area contributed by atoms with Crippen LogP contribution in [0.4, 0.5) is 24.5 Å². The van der Waals surface area contributed by atoms with Crippen molar-refractivity contribution in [1.29, 1.82) is 0 Å². The summed E-state index contributed by atoms with van der Waals surface area (Å²) in [7, 11) is 0. The summed E-state index contributed by atoms with van der Waals surface area (Å²) in [6, 6.07) is 7.40. The quantitative estimate of drug-likeness (QED) is 0.388. The molecule has 0 heterocycles. The molecule has 0 aliphatic rings. The molecule has 0 fully saturated rings. The number of esters is 1. The van der Waals surface area contributed by atoms with Gasteiger partial charge >= 0.3 is 12.1 Å². The minimum absolute atomic E-state index is 0.0977. The van der Waals surface area contributed by atoms with E-state index in [1.807, 2.05) is 0 Å². The molecular weight excluding hydrogens is 423 g/mol. The number of nitro groups is 1. The summed E-state index contributed by atoms with van der Waals surface area (Å²) < 4.78 is 42.2. The number of amides is 2. The Labute approximate surface area is 173 Å². The lowest BCUT2D eigenvalue weighted by Crippen LogP contribution is -2.32. The number of aryl methyl sites for hydroxylation is 1. The van der Waals surface area contributed by atoms with Gasteiger partial charge in [-0.2, -0.15) is 13.2 Å². The lowest BCUT2D eigenvalue weighted by atomic mass is 10.1. The van der Waals surface area contributed by atoms with Gasteiger partial charge in [-0.05, 0) is 37.3 Å². The van der Waals surface area contributed by atoms with Crippen LogP contribution in [0.25, 0.3) is 0 Å². The number of carbonyl (C=O) groups is 3. The SMILES string of the molecule is Cc1ccc(NC(=O)COC(=O)CNC(=O)c2ccc(C(F)(F)F)cc2)cc1[N+](=O)[O-]. The average molecular weight is 439 g/mol. The van der Waals surface area contributed by atoms with Gasteiger partial charge in [0.1, 0.15) is 6.54 Å². The number of carbonyl (C=O) groups excluding carboxylic acids is 3. The Morgan fingerprint density at radius 3 is 2.32 bits per heavy atom. The second kappa shape index (κ2) is 9.69. The Kier molecular flexibility index (Phi) is 7.29. The number of anilines is 1. The number of rotatable bonds is 7. The van der Waals surface area contributed by atoms with Gasteiger partial charge in [0.25, 0.3) is 17.5 Å². The maximum Gasteiger partial charge on any atom is 0.416 e. The van der Waals surface area contributed by atoms with E-state index in [1.54, 1.807) is 0 Å². The molecule has 2 aromatic rings. The van der Waals surface area contributed by atoms with Gasteiger partial charge in [-0.3, -0.25) is 24.5 Å². The first kappa shape index (κ1) is 23.3. The molecule has 0 spiro atoms. The summed E-state index contributed by atoms with van der Waals surface area (Å²) in [4.78, 5) is 45.6. The molecule has 2 N–H and O–H groups in total. The minimum atomic E-state index is -4.54. The maximum absolute atomic E-state index is 12.5. The van der Waals surface area contributed by atoms with Crippen molar-refractivity contribution in [3.8, 4) is 0 Å². The number of benzene rings is 2. The first-order valence-corrected chi connectivity index (χ1v) is 8.63. The summed E-state index contributed by atoms with van der Waals surface area (Å²) in [5, 5.41) is 15.4. The smallest absolute Gasteiger partial charge is 0.416 e. The van der Waals surface area contributed by atoms with Crippen molar-refractivity contribution in [1.82, 2.24) is 5.32 Å². The maximum atomic E-state index is 12.5. The molecule has 2 amide bonds. The standard InChI is InChI=1S/C19H16F3N3O6/c1-11-2-7-14(8-15(11)25(29)30)24-16(26)10-31-17(27)9-23-18(28)12-3-5-13(6-4-12)19(20,21)22/h2-8H,9-10H2,1H3,(H,23,28)(H,24,26). The van der Waals surface area contributed by atoms with Crippen molar-refractivity contribution >= 4 is 29.2 Å². The van der Waals surface area contributed by atoms with Gasteiger partial charge in [0.2, 0.25) is 0 Å². The fraction of sp³-hybridized carbons (Fsp3) is 0.211. The van der Waals surface area contributed by atoms with Gasteiger partial charge < -0.3 is 15.4 Å². The predicted molar refractivity (Wildman–Crippen MR) is 101 cm³/mol. The van der Waals surface area contributed by atoms with E-state index in [4.69, 9.17) is 0 Å². The van der Waals surface area contributed by atoms with E-state index in [1.165, 1.54) is 19.1 Å². The molecule has 9 nitrogen and oxygen atoms in total. The lowest BCUT2D eigenvalue weighted by molar-refractivity contribution is -0.385. The molecule has 0 saturated heterocycles. The molecule has 0 aliphatic heterocycles. The van der Waals surface area contributed by atoms with Crippen LogP contribution in [0.15, 0.2) is 42.5 Å². The fourth-order valence-electron chi connectivity index (χ4n) is 2.34. The molecule has 164 valence electrons. The van der Waals surface area contributed by atoms with Gasteiger partial charge in [-0.15, -0.1) is 0 Å². The van der Waals surface area contributed by atoms with Gasteiger partial charge in [0, 0.05) is 22.9 Å². The highest BCUT2D eigenvalue weighted by Gasteiger charge is 2.30. The summed E-state index contributed by atoms with van der Waals surface area (Å²) in [6.45, 7) is 0.199. The second-order valence-electron chi connectivity index (χ2n) is 6.23. The van der Waals surface area contributed by atoms with Crippen molar-refractivity contribution in [2.24, 2.45) is 0 Å². The number of hydrogen-bond acceptors (Lipinski definition) is 6. The Morgan fingerprint density at radius 2 is 1.74 bits per heavy atom. The van der Waals surface area contributed by atoms with Crippen molar-refractivity contribution in [2.75, 3.05) is 18.5 Å². The van der Waals surface area contributed by atoms with Gasteiger partial charge in [-0.1, -0.05) is 6.07 Å². The van der Waals surface area contributed by atoms with Crippen molar-refractivity contribution in [2.45, 2.75) is 13.1 Å². The van der Waals surface area contributed by atoms with Crippen molar-refractivity contribution in [3.05, 3.63) is 69.3 Å². The average Bonchev–Trinajstić information content (AvgIpc) is 2.71. The first-order valence-electron chi connectivity index (χ1n) is 8.63. The monoisotopic (exact) mass is 439 g/mol. The highest BCUT2D eigenvalue weighted by Crippen LogP contribution is 2.29. The van der Waals surface area contributed by atoms with Crippen molar-refractivity contribution in [3.63, 3.8) is 0 Å². The zero-order valence-electron chi connectivity index (χ0n) is 16.0. The minimum Gasteiger partial charge on any atom is -0.454 e. The molecule has 12 heteroatoms. The number of ether oxygens (including phenoxy) is 1. The molecule has 0 aromatic heterocycles. The van der Waals surface area contributed by atoms with E-state index in [9.17, 15) is 37.7 Å². The third-order valence-corrected chi connectivity index (χ3v) is 3.92. The fourth-order valence-corrected chi connectivity index (χ4v) is 2.34. The van der Waals surface area contributed by atoms with Crippen LogP contribution in [-0.2, 0) is 20.5 Å². The Balaban J connectivity index is 1.80. The van der Waals surface area contributed by atoms with Crippen LogP contribution in [0.3, 0.4) is 0 Å². The number of nitro benzene ring substituents is 1. The van der Waals surface area contributed by atoms with Crippen molar-refractivity contribution < 1.29 is 37.2 Å². The van der Waals surface area contributed by atoms with E-state index >= 15 is 0 Å². The van der Waals surface area contributed by atoms with Crippen LogP contribution in [0.2, 0.25) is 0 Å². The van der Waals surface area contributed by atoms with Crippen LogP contribution in [0.5, 0.6) is 0 Å². The third kappa shape index (κ3) is 6.80. The molecule has 2 aromatic carbocycles. The van der Waals surface area contributed by atoms with Crippen LogP contribution >= 0.6 is 0 Å². The Hall–Kier alpha value is -3.96. The van der Waals surface area contributed by atoms with Gasteiger partial charge in [-0.25, -0.2) is 0 Å². The van der Waals surface area contributed by atoms with Crippen LogP contribution < -0.4 is 10.6 Å². The Bertz CT molecular complexity index is 1010. The van der Waals surface area contributed by atoms with E-state index in [-0.39, 0.29) is 16.9 Å². The largest absolute Gasteiger partial charge is 0.454 e. The summed E-state index contributed by atoms with van der Waals surface area (Å²) in [5.74, 6) is -2.53. The van der Waals surface area contributed by atoms with E-state index in [0.717, 1.165) is 30.3 Å². The van der Waals surface area contributed by atoms with Gasteiger partial charge in [0.15, 0.2) is 6.61 Å². The topological polar surface area (TPSA) is 128 Å². The zero-order chi connectivity index (χ0) is 23.2. The third-order valence-electron chi connectivity index (χ3n) is 3.92. The predicted octanol–water partition coefficient (Wildman–Crippen LogP) is 2.83. The van der Waals surface area contributed by atoms with Crippen LogP contribution in [0.1, 0.15) is 21.5 Å². The number of halogens is 3. The molecule has 0 radical (unpaired) electrons. The zero-order valence-corrected chi connectivity index (χ0v) is 16.0.